The maximum Gasteiger partial charge on any atom is 0.306 e. The van der Waals surface area contributed by atoms with Crippen molar-refractivity contribution in [3.63, 3.8) is 0 Å². The molecule has 322 valence electrons. The van der Waals surface area contributed by atoms with E-state index < -0.39 is 18.2 Å². The van der Waals surface area contributed by atoms with Crippen LogP contribution in [0.5, 0.6) is 0 Å². The third-order valence-corrected chi connectivity index (χ3v) is 10.00. The van der Waals surface area contributed by atoms with Crippen LogP contribution in [0.25, 0.3) is 0 Å². The third-order valence-electron chi connectivity index (χ3n) is 10.00. The van der Waals surface area contributed by atoms with Crippen LogP contribution in [-0.4, -0.2) is 46.9 Å². The Morgan fingerprint density at radius 2 is 1.04 bits per heavy atom. The van der Waals surface area contributed by atoms with Gasteiger partial charge in [-0.1, -0.05) is 197 Å². The van der Waals surface area contributed by atoms with Crippen molar-refractivity contribution in [2.24, 2.45) is 0 Å². The van der Waals surface area contributed by atoms with Gasteiger partial charge >= 0.3 is 5.97 Å². The minimum Gasteiger partial charge on any atom is -0.458 e. The first kappa shape index (κ1) is 53.3. The molecule has 0 aliphatic carbocycles. The maximum atomic E-state index is 13.1. The Kier molecular flexibility index (Phi) is 41.3. The van der Waals surface area contributed by atoms with Crippen LogP contribution in [-0.2, 0) is 14.3 Å². The largest absolute Gasteiger partial charge is 0.458 e. The number of aliphatic hydroxyl groups excluding tert-OH is 2. The first-order chi connectivity index (χ1) is 27.5. The van der Waals surface area contributed by atoms with Crippen LogP contribution in [0.2, 0.25) is 0 Å². The molecule has 6 nitrogen and oxygen atoms in total. The van der Waals surface area contributed by atoms with E-state index in [1.54, 1.807) is 6.08 Å². The van der Waals surface area contributed by atoms with Gasteiger partial charge in [-0.15, -0.1) is 0 Å². The summed E-state index contributed by atoms with van der Waals surface area (Å²) < 4.78 is 5.78. The summed E-state index contributed by atoms with van der Waals surface area (Å²) in [5, 5.41) is 23.6. The zero-order valence-electron chi connectivity index (χ0n) is 36.5. The van der Waals surface area contributed by atoms with Crippen LogP contribution in [0.15, 0.2) is 72.9 Å². The highest BCUT2D eigenvalue weighted by Gasteiger charge is 2.23. The highest BCUT2D eigenvalue weighted by atomic mass is 16.5. The Morgan fingerprint density at radius 1 is 0.554 bits per heavy atom. The normalized spacial score (nSPS) is 14.0. The number of carbonyl (C=O) groups is 2. The Hall–Kier alpha value is -2.70. The summed E-state index contributed by atoms with van der Waals surface area (Å²) in [7, 11) is 0. The molecule has 0 heterocycles. The lowest BCUT2D eigenvalue weighted by Crippen LogP contribution is -2.46. The Morgan fingerprint density at radius 3 is 1.57 bits per heavy atom. The molecule has 3 N–H and O–H groups in total. The first-order valence-electron chi connectivity index (χ1n) is 23.2. The van der Waals surface area contributed by atoms with Crippen LogP contribution in [0.4, 0.5) is 0 Å². The number of carbonyl (C=O) groups excluding carboxylic acids is 2. The van der Waals surface area contributed by atoms with Gasteiger partial charge in [-0.2, -0.15) is 0 Å². The second-order valence-electron chi connectivity index (χ2n) is 15.4. The molecule has 1 amide bonds. The van der Waals surface area contributed by atoms with Gasteiger partial charge in [-0.25, -0.2) is 0 Å². The van der Waals surface area contributed by atoms with Crippen LogP contribution < -0.4 is 5.32 Å². The average molecular weight is 782 g/mol. The molecule has 0 aliphatic rings. The summed E-state index contributed by atoms with van der Waals surface area (Å²) in [4.78, 5) is 25.9. The predicted molar refractivity (Wildman–Crippen MR) is 241 cm³/mol. The van der Waals surface area contributed by atoms with Gasteiger partial charge in [-0.3, -0.25) is 9.59 Å². The number of unbranched alkanes of at least 4 members (excludes halogenated alkanes) is 18. The number of esters is 1. The topological polar surface area (TPSA) is 95.9 Å². The van der Waals surface area contributed by atoms with E-state index >= 15 is 0 Å². The van der Waals surface area contributed by atoms with Gasteiger partial charge in [0.2, 0.25) is 5.91 Å². The minimum atomic E-state index is -0.821. The summed E-state index contributed by atoms with van der Waals surface area (Å²) >= 11 is 0. The molecule has 0 aliphatic heterocycles. The second kappa shape index (κ2) is 43.4. The van der Waals surface area contributed by atoms with Gasteiger partial charge in [0.15, 0.2) is 0 Å². The number of aliphatic hydroxyl groups is 2. The molecule has 6 heteroatoms. The third kappa shape index (κ3) is 38.2. The zero-order valence-corrected chi connectivity index (χ0v) is 36.5. The molecule has 0 bridgehead atoms. The summed E-state index contributed by atoms with van der Waals surface area (Å²) in [6.07, 6.45) is 54.2. The van der Waals surface area contributed by atoms with Crippen LogP contribution in [0.1, 0.15) is 207 Å². The van der Waals surface area contributed by atoms with Crippen LogP contribution in [0.3, 0.4) is 0 Å². The van der Waals surface area contributed by atoms with E-state index in [0.29, 0.717) is 19.3 Å². The van der Waals surface area contributed by atoms with E-state index in [0.717, 1.165) is 83.5 Å². The van der Waals surface area contributed by atoms with Crippen molar-refractivity contribution in [2.45, 2.75) is 225 Å². The Labute approximate surface area is 345 Å². The summed E-state index contributed by atoms with van der Waals surface area (Å²) in [5.74, 6) is -0.646. The second-order valence-corrected chi connectivity index (χ2v) is 15.4. The molecule has 0 fully saturated rings. The fourth-order valence-electron chi connectivity index (χ4n) is 6.51. The Balaban J connectivity index is 4.76. The first-order valence-corrected chi connectivity index (χ1v) is 23.2. The standard InChI is InChI=1S/C50H87NO5/c1-4-7-10-13-16-19-22-24-26-27-29-32-35-38-41-46(56-50(55)43-40-37-34-31-21-18-15-12-9-6-3)44-49(54)51-47(45-52)48(53)42-39-36-33-30-28-25-23-20-17-14-11-8-5-2/h7,10,12,15-16,19,24,26,29,32,38,41,46-48,52-53H,4-6,8-9,11,13-14,17-18,20-23,25,27-28,30-31,33-37,39-40,42-45H2,1-3H3,(H,51,54)/b10-7+,15-12-,19-16+,26-24+,32-29+,41-38+. The molecular formula is C50H87NO5. The van der Waals surface area contributed by atoms with Gasteiger partial charge in [0.05, 0.1) is 25.2 Å². The lowest BCUT2D eigenvalue weighted by molar-refractivity contribution is -0.148. The predicted octanol–water partition coefficient (Wildman–Crippen LogP) is 13.4. The molecule has 0 saturated carbocycles. The van der Waals surface area contributed by atoms with Crippen LogP contribution in [0, 0.1) is 0 Å². The number of ether oxygens (including phenoxy) is 1. The fourth-order valence-corrected chi connectivity index (χ4v) is 6.51. The Bertz CT molecular complexity index is 1060. The maximum absolute atomic E-state index is 13.1. The van der Waals surface area contributed by atoms with E-state index in [1.807, 2.05) is 6.08 Å². The number of rotatable bonds is 40. The lowest BCUT2D eigenvalue weighted by atomic mass is 10.0. The molecule has 3 atom stereocenters. The molecule has 0 aromatic heterocycles. The molecule has 3 unspecified atom stereocenters. The molecule has 0 aromatic carbocycles. The zero-order chi connectivity index (χ0) is 41.0. The number of nitrogens with one attached hydrogen (secondary N) is 1. The highest BCUT2D eigenvalue weighted by molar-refractivity contribution is 5.78. The van der Waals surface area contributed by atoms with Crippen molar-refractivity contribution in [1.29, 1.82) is 0 Å². The quantitative estimate of drug-likeness (QED) is 0.0327. The molecule has 0 aromatic rings. The van der Waals surface area contributed by atoms with Crippen LogP contribution >= 0.6 is 0 Å². The van der Waals surface area contributed by atoms with Crippen molar-refractivity contribution < 1.29 is 24.5 Å². The van der Waals surface area contributed by atoms with Crippen molar-refractivity contribution in [1.82, 2.24) is 5.32 Å². The molecule has 0 saturated heterocycles. The van der Waals surface area contributed by atoms with Crippen molar-refractivity contribution in [2.75, 3.05) is 6.61 Å². The number of allylic oxidation sites excluding steroid dienone is 11. The van der Waals surface area contributed by atoms with Gasteiger partial charge in [0, 0.05) is 6.42 Å². The number of hydrogen-bond donors (Lipinski definition) is 3. The van der Waals surface area contributed by atoms with E-state index in [4.69, 9.17) is 4.74 Å². The van der Waals surface area contributed by atoms with E-state index in [-0.39, 0.29) is 24.9 Å². The van der Waals surface area contributed by atoms with Gasteiger partial charge < -0.3 is 20.3 Å². The smallest absolute Gasteiger partial charge is 0.306 e. The van der Waals surface area contributed by atoms with Crippen molar-refractivity contribution >= 4 is 11.9 Å². The van der Waals surface area contributed by atoms with Crippen molar-refractivity contribution in [3.8, 4) is 0 Å². The van der Waals surface area contributed by atoms with E-state index in [1.165, 1.54) is 77.0 Å². The lowest BCUT2D eigenvalue weighted by Gasteiger charge is -2.23. The van der Waals surface area contributed by atoms with E-state index in [2.05, 4.69) is 86.8 Å². The highest BCUT2D eigenvalue weighted by Crippen LogP contribution is 2.15. The van der Waals surface area contributed by atoms with E-state index in [9.17, 15) is 19.8 Å². The van der Waals surface area contributed by atoms with Gasteiger partial charge in [-0.05, 0) is 70.3 Å². The summed E-state index contributed by atoms with van der Waals surface area (Å²) in [6.45, 7) is 6.25. The van der Waals surface area contributed by atoms with Gasteiger partial charge in [0.1, 0.15) is 6.10 Å². The number of amides is 1. The molecule has 0 radical (unpaired) electrons. The molecule has 56 heavy (non-hydrogen) atoms. The minimum absolute atomic E-state index is 0.0516. The van der Waals surface area contributed by atoms with Gasteiger partial charge in [0.25, 0.3) is 0 Å². The summed E-state index contributed by atoms with van der Waals surface area (Å²) in [6, 6.07) is -0.744. The summed E-state index contributed by atoms with van der Waals surface area (Å²) in [5.41, 5.74) is 0. The molecule has 0 rings (SSSR count). The van der Waals surface area contributed by atoms with Crippen molar-refractivity contribution in [3.05, 3.63) is 72.9 Å². The average Bonchev–Trinajstić information content (AvgIpc) is 3.19. The number of hydrogen-bond acceptors (Lipinski definition) is 5. The molecule has 0 spiro atoms. The monoisotopic (exact) mass is 782 g/mol. The SMILES string of the molecule is CC/C=C/C/C=C/C/C=C/C/C=C/C/C=C/C(CC(=O)NC(CO)C(O)CCCCCCCCCCCCCCC)OC(=O)CCCCCCC/C=C\CCC. The molecular weight excluding hydrogens is 695 g/mol. The fraction of sp³-hybridized carbons (Fsp3) is 0.720.